The van der Waals surface area contributed by atoms with E-state index in [2.05, 4.69) is 36.5 Å². The van der Waals surface area contributed by atoms with Gasteiger partial charge in [-0.25, -0.2) is 20.1 Å². The Morgan fingerprint density at radius 2 is 2.31 bits per heavy atom. The summed E-state index contributed by atoms with van der Waals surface area (Å²) >= 11 is 3.20. The zero-order valence-corrected chi connectivity index (χ0v) is 10.5. The van der Waals surface area contributed by atoms with Gasteiger partial charge in [0, 0.05) is 7.05 Å². The molecule has 86 valence electrons. The lowest BCUT2D eigenvalue weighted by atomic mass is 10.5. The maximum Gasteiger partial charge on any atom is 0.227 e. The van der Waals surface area contributed by atoms with Gasteiger partial charge in [-0.15, -0.1) is 5.10 Å². The zero-order chi connectivity index (χ0) is 11.5. The van der Waals surface area contributed by atoms with Gasteiger partial charge >= 0.3 is 0 Å². The summed E-state index contributed by atoms with van der Waals surface area (Å²) < 4.78 is 4.18. The van der Waals surface area contributed by atoms with E-state index in [0.29, 0.717) is 17.2 Å². The maximum atomic E-state index is 4.80. The van der Waals surface area contributed by atoms with E-state index in [1.165, 1.54) is 0 Å². The summed E-state index contributed by atoms with van der Waals surface area (Å²) in [6.45, 7) is 0.605. The number of nitrogens with one attached hydrogen (secondary N) is 1. The van der Waals surface area contributed by atoms with Crippen LogP contribution in [-0.4, -0.2) is 31.4 Å². The van der Waals surface area contributed by atoms with E-state index in [9.17, 15) is 0 Å². The Balaban J connectivity index is 2.15. The first-order chi connectivity index (χ1) is 7.70. The Morgan fingerprint density at radius 3 is 2.94 bits per heavy atom. The summed E-state index contributed by atoms with van der Waals surface area (Å²) in [6.07, 6.45) is 3.41. The largest absolute Gasteiger partial charge is 0.314 e. The molecule has 1 N–H and O–H groups in total. The number of nitrogens with zero attached hydrogens (tertiary/aromatic N) is 5. The lowest BCUT2D eigenvalue weighted by Crippen LogP contribution is -2.08. The van der Waals surface area contributed by atoms with Crippen LogP contribution in [0, 0.1) is 0 Å². The van der Waals surface area contributed by atoms with Crippen molar-refractivity contribution in [1.29, 1.82) is 0 Å². The molecule has 7 nitrogen and oxygen atoms in total. The van der Waals surface area contributed by atoms with Crippen LogP contribution < -0.4 is 5.48 Å². The average Bonchev–Trinajstić information content (AvgIpc) is 2.80. The molecule has 0 bridgehead atoms. The molecular formula is C8H11BrN6O. The number of hydrogen-bond donors (Lipinski definition) is 1. The highest BCUT2D eigenvalue weighted by atomic mass is 79.9. The molecule has 0 aromatic carbocycles. The molecule has 2 aromatic heterocycles. The van der Waals surface area contributed by atoms with Crippen LogP contribution in [0.4, 0.5) is 5.95 Å². The monoisotopic (exact) mass is 286 g/mol. The molecular weight excluding hydrogens is 276 g/mol. The Morgan fingerprint density at radius 1 is 1.50 bits per heavy atom. The van der Waals surface area contributed by atoms with Crippen molar-refractivity contribution in [3.63, 3.8) is 0 Å². The average molecular weight is 287 g/mol. The maximum absolute atomic E-state index is 4.80. The SMILES string of the molecule is CONc1ncc(Cn2cnc(Br)n2)n1C. The van der Waals surface area contributed by atoms with Crippen molar-refractivity contribution in [1.82, 2.24) is 24.3 Å². The Hall–Kier alpha value is -1.41. The van der Waals surface area contributed by atoms with Gasteiger partial charge in [0.2, 0.25) is 10.7 Å². The third-order valence-corrected chi connectivity index (χ3v) is 2.47. The predicted octanol–water partition coefficient (Wildman–Crippen LogP) is 0.796. The van der Waals surface area contributed by atoms with Crippen LogP contribution in [0.15, 0.2) is 17.3 Å². The van der Waals surface area contributed by atoms with Crippen LogP contribution in [-0.2, 0) is 18.4 Å². The molecule has 0 amide bonds. The highest BCUT2D eigenvalue weighted by molar-refractivity contribution is 9.10. The highest BCUT2D eigenvalue weighted by Gasteiger charge is 2.07. The fraction of sp³-hybridized carbons (Fsp3) is 0.375. The molecule has 0 aliphatic carbocycles. The van der Waals surface area contributed by atoms with Crippen molar-refractivity contribution in [2.75, 3.05) is 12.6 Å². The molecule has 0 saturated carbocycles. The zero-order valence-electron chi connectivity index (χ0n) is 8.88. The van der Waals surface area contributed by atoms with E-state index in [-0.39, 0.29) is 0 Å². The molecule has 0 fully saturated rings. The van der Waals surface area contributed by atoms with Crippen molar-refractivity contribution in [2.45, 2.75) is 6.54 Å². The number of hydrogen-bond acceptors (Lipinski definition) is 5. The molecule has 0 unspecified atom stereocenters. The normalized spacial score (nSPS) is 10.7. The number of imidazole rings is 1. The lowest BCUT2D eigenvalue weighted by Gasteiger charge is -2.05. The first-order valence-electron chi connectivity index (χ1n) is 4.55. The Kier molecular flexibility index (Phi) is 3.20. The minimum atomic E-state index is 0.574. The fourth-order valence-corrected chi connectivity index (χ4v) is 1.59. The molecule has 0 aliphatic heterocycles. The van der Waals surface area contributed by atoms with Gasteiger partial charge in [-0.3, -0.25) is 4.84 Å². The molecule has 0 saturated heterocycles. The number of anilines is 1. The molecule has 0 spiro atoms. The summed E-state index contributed by atoms with van der Waals surface area (Å²) in [4.78, 5) is 12.9. The minimum absolute atomic E-state index is 0.574. The van der Waals surface area contributed by atoms with E-state index in [1.807, 2.05) is 11.6 Å². The standard InChI is InChI=1S/C8H11BrN6O/c1-14-6(3-10-8(14)13-16-2)4-15-5-11-7(9)12-15/h3,5H,4H2,1-2H3,(H,10,13). The fourth-order valence-electron chi connectivity index (χ4n) is 1.29. The second kappa shape index (κ2) is 4.62. The van der Waals surface area contributed by atoms with Crippen molar-refractivity contribution >= 4 is 21.9 Å². The molecule has 16 heavy (non-hydrogen) atoms. The number of rotatable bonds is 4. The van der Waals surface area contributed by atoms with E-state index < -0.39 is 0 Å². The van der Waals surface area contributed by atoms with Crippen molar-refractivity contribution in [3.05, 3.63) is 23.0 Å². The Labute approximate surface area is 101 Å². The van der Waals surface area contributed by atoms with E-state index in [0.717, 1.165) is 5.69 Å². The van der Waals surface area contributed by atoms with Crippen LogP contribution >= 0.6 is 15.9 Å². The van der Waals surface area contributed by atoms with Gasteiger partial charge in [-0.1, -0.05) is 0 Å². The van der Waals surface area contributed by atoms with Crippen LogP contribution in [0.1, 0.15) is 5.69 Å². The summed E-state index contributed by atoms with van der Waals surface area (Å²) in [6, 6.07) is 0. The van der Waals surface area contributed by atoms with Crippen molar-refractivity contribution < 1.29 is 4.84 Å². The van der Waals surface area contributed by atoms with Crippen LogP contribution in [0.2, 0.25) is 0 Å². The third kappa shape index (κ3) is 2.22. The van der Waals surface area contributed by atoms with Gasteiger partial charge in [0.15, 0.2) is 0 Å². The Bertz CT molecular complexity index is 479. The second-order valence-corrected chi connectivity index (χ2v) is 3.86. The predicted molar refractivity (Wildman–Crippen MR) is 60.7 cm³/mol. The van der Waals surface area contributed by atoms with Crippen molar-refractivity contribution in [2.24, 2.45) is 7.05 Å². The summed E-state index contributed by atoms with van der Waals surface area (Å²) in [5.74, 6) is 0.650. The van der Waals surface area contributed by atoms with Gasteiger partial charge < -0.3 is 4.57 Å². The van der Waals surface area contributed by atoms with Crippen LogP contribution in [0.5, 0.6) is 0 Å². The molecule has 0 aliphatic rings. The first-order valence-corrected chi connectivity index (χ1v) is 5.34. The topological polar surface area (TPSA) is 69.8 Å². The first kappa shape index (κ1) is 11.1. The number of aromatic nitrogens is 5. The molecule has 2 aromatic rings. The lowest BCUT2D eigenvalue weighted by molar-refractivity contribution is 0.265. The second-order valence-electron chi connectivity index (χ2n) is 3.15. The molecule has 2 heterocycles. The molecule has 2 rings (SSSR count). The summed E-state index contributed by atoms with van der Waals surface area (Å²) in [7, 11) is 3.44. The van der Waals surface area contributed by atoms with E-state index in [1.54, 1.807) is 24.3 Å². The van der Waals surface area contributed by atoms with Crippen LogP contribution in [0.25, 0.3) is 0 Å². The minimum Gasteiger partial charge on any atom is -0.314 e. The van der Waals surface area contributed by atoms with Gasteiger partial charge in [0.1, 0.15) is 6.33 Å². The van der Waals surface area contributed by atoms with Gasteiger partial charge in [-0.2, -0.15) is 0 Å². The quantitative estimate of drug-likeness (QED) is 0.842. The van der Waals surface area contributed by atoms with Gasteiger partial charge in [0.25, 0.3) is 0 Å². The third-order valence-electron chi connectivity index (χ3n) is 2.11. The highest BCUT2D eigenvalue weighted by Crippen LogP contribution is 2.09. The van der Waals surface area contributed by atoms with Crippen molar-refractivity contribution in [3.8, 4) is 0 Å². The number of halogens is 1. The van der Waals surface area contributed by atoms with Gasteiger partial charge in [-0.05, 0) is 15.9 Å². The van der Waals surface area contributed by atoms with Crippen LogP contribution in [0.3, 0.4) is 0 Å². The van der Waals surface area contributed by atoms with Gasteiger partial charge in [0.05, 0.1) is 25.5 Å². The smallest absolute Gasteiger partial charge is 0.227 e. The molecule has 0 atom stereocenters. The summed E-state index contributed by atoms with van der Waals surface area (Å²) in [5.41, 5.74) is 3.68. The molecule has 0 radical (unpaired) electrons. The summed E-state index contributed by atoms with van der Waals surface area (Å²) in [5, 5.41) is 4.13. The van der Waals surface area contributed by atoms with E-state index in [4.69, 9.17) is 4.84 Å². The molecule has 8 heteroatoms. The van der Waals surface area contributed by atoms with E-state index >= 15 is 0 Å².